The van der Waals surface area contributed by atoms with Crippen LogP contribution in [-0.2, 0) is 32.7 Å². The number of likely N-dealkylation sites (N-methyl/N-ethyl adjacent to an activating group) is 1. The van der Waals surface area contributed by atoms with Gasteiger partial charge < -0.3 is 18.9 Å². The fraction of sp³-hybridized carbons (Fsp3) is 0.792. The summed E-state index contributed by atoms with van der Waals surface area (Å²) < 4.78 is 34.4. The van der Waals surface area contributed by atoms with Crippen LogP contribution in [0.3, 0.4) is 0 Å². The van der Waals surface area contributed by atoms with Crippen molar-refractivity contribution >= 4 is 19.8 Å². The molecule has 0 spiro atoms. The molecule has 58 heavy (non-hydrogen) atoms. The smallest absolute Gasteiger partial charge is 0.462 e. The van der Waals surface area contributed by atoms with Gasteiger partial charge in [-0.15, -0.1) is 0 Å². The van der Waals surface area contributed by atoms with Gasteiger partial charge in [-0.25, -0.2) is 4.57 Å². The van der Waals surface area contributed by atoms with Crippen LogP contribution in [0.1, 0.15) is 194 Å². The van der Waals surface area contributed by atoms with Crippen LogP contribution in [0.2, 0.25) is 0 Å². The number of phosphoric acid groups is 1. The molecule has 9 nitrogen and oxygen atoms in total. The molecule has 0 saturated heterocycles. The minimum absolute atomic E-state index is 0.0274. The molecule has 0 saturated carbocycles. The van der Waals surface area contributed by atoms with Crippen LogP contribution < -0.4 is 0 Å². The zero-order valence-corrected chi connectivity index (χ0v) is 38.9. The predicted octanol–water partition coefficient (Wildman–Crippen LogP) is 13.5. The van der Waals surface area contributed by atoms with Crippen molar-refractivity contribution < 1.29 is 42.1 Å². The first-order chi connectivity index (χ1) is 28.0. The van der Waals surface area contributed by atoms with E-state index in [1.807, 2.05) is 21.1 Å². The normalized spacial score (nSPS) is 14.0. The van der Waals surface area contributed by atoms with Crippen LogP contribution in [0.5, 0.6) is 0 Å². The molecule has 0 aliphatic heterocycles. The molecule has 0 aliphatic rings. The molecule has 0 aromatic carbocycles. The Labute approximate surface area is 356 Å². The van der Waals surface area contributed by atoms with Crippen LogP contribution in [0.25, 0.3) is 0 Å². The van der Waals surface area contributed by atoms with E-state index in [4.69, 9.17) is 18.5 Å². The number of hydrogen-bond donors (Lipinski definition) is 1. The monoisotopic (exact) mass is 839 g/mol. The lowest BCUT2D eigenvalue weighted by Gasteiger charge is -2.24. The second-order valence-corrected chi connectivity index (χ2v) is 18.2. The SMILES string of the molecule is CCCCC/C=C\C/C=C\CCCCCCCCCC(=O)OC[C@H](COP(=O)(O)OCC[N+](C)(C)C)OC(=O)CCCCCCCCC/C=C\C/C=C\CCCCC. The Hall–Kier alpha value is -2.03. The van der Waals surface area contributed by atoms with Gasteiger partial charge in [-0.05, 0) is 77.0 Å². The minimum atomic E-state index is -4.38. The number of quaternary nitrogens is 1. The quantitative estimate of drug-likeness (QED) is 0.0213. The van der Waals surface area contributed by atoms with Crippen molar-refractivity contribution in [2.45, 2.75) is 200 Å². The zero-order valence-electron chi connectivity index (χ0n) is 38.0. The fourth-order valence-corrected chi connectivity index (χ4v) is 6.87. The summed E-state index contributed by atoms with van der Waals surface area (Å²) in [5.74, 6) is -0.816. The highest BCUT2D eigenvalue weighted by Crippen LogP contribution is 2.43. The summed E-state index contributed by atoms with van der Waals surface area (Å²) in [4.78, 5) is 35.4. The number of unbranched alkanes of at least 4 members (excludes halogenated alkanes) is 20. The summed E-state index contributed by atoms with van der Waals surface area (Å²) in [6.07, 6.45) is 47.2. The molecular weight excluding hydrogens is 750 g/mol. The number of esters is 2. The summed E-state index contributed by atoms with van der Waals surface area (Å²) in [5, 5.41) is 0. The van der Waals surface area contributed by atoms with E-state index in [-0.39, 0.29) is 32.0 Å². The van der Waals surface area contributed by atoms with Gasteiger partial charge in [0.1, 0.15) is 19.8 Å². The van der Waals surface area contributed by atoms with Crippen LogP contribution in [0.15, 0.2) is 48.6 Å². The van der Waals surface area contributed by atoms with Crippen LogP contribution in [-0.4, -0.2) is 74.9 Å². The third-order valence-corrected chi connectivity index (χ3v) is 10.8. The number of phosphoric ester groups is 1. The zero-order chi connectivity index (χ0) is 42.8. The molecule has 0 heterocycles. The molecule has 0 aliphatic carbocycles. The number of carbonyl (C=O) groups excluding carboxylic acids is 2. The van der Waals surface area contributed by atoms with Crippen LogP contribution in [0.4, 0.5) is 0 Å². The predicted molar refractivity (Wildman–Crippen MR) is 243 cm³/mol. The van der Waals surface area contributed by atoms with Crippen molar-refractivity contribution in [3.05, 3.63) is 48.6 Å². The van der Waals surface area contributed by atoms with E-state index >= 15 is 0 Å². The highest BCUT2D eigenvalue weighted by molar-refractivity contribution is 7.47. The lowest BCUT2D eigenvalue weighted by Crippen LogP contribution is -2.37. The van der Waals surface area contributed by atoms with E-state index in [0.717, 1.165) is 70.6 Å². The highest BCUT2D eigenvalue weighted by Gasteiger charge is 2.27. The molecule has 0 bridgehead atoms. The average Bonchev–Trinajstić information content (AvgIpc) is 3.17. The molecule has 10 heteroatoms. The van der Waals surface area contributed by atoms with E-state index in [1.54, 1.807) is 0 Å². The van der Waals surface area contributed by atoms with E-state index in [2.05, 4.69) is 62.5 Å². The van der Waals surface area contributed by atoms with Gasteiger partial charge in [-0.3, -0.25) is 18.6 Å². The maximum atomic E-state index is 12.7. The fourth-order valence-electron chi connectivity index (χ4n) is 6.13. The Morgan fingerprint density at radius 1 is 0.534 bits per heavy atom. The first-order valence-corrected chi connectivity index (χ1v) is 24.9. The number of allylic oxidation sites excluding steroid dienone is 8. The van der Waals surface area contributed by atoms with Gasteiger partial charge in [-0.1, -0.05) is 152 Å². The summed E-state index contributed by atoms with van der Waals surface area (Å²) in [6, 6.07) is 0. The third kappa shape index (κ3) is 43.5. The first kappa shape index (κ1) is 56.0. The maximum Gasteiger partial charge on any atom is 0.472 e. The van der Waals surface area contributed by atoms with Crippen molar-refractivity contribution in [2.24, 2.45) is 0 Å². The van der Waals surface area contributed by atoms with Crippen LogP contribution >= 0.6 is 7.82 Å². The Kier molecular flexibility index (Phi) is 39.0. The lowest BCUT2D eigenvalue weighted by molar-refractivity contribution is -0.870. The maximum absolute atomic E-state index is 12.7. The highest BCUT2D eigenvalue weighted by atomic mass is 31.2. The van der Waals surface area contributed by atoms with Crippen molar-refractivity contribution in [2.75, 3.05) is 47.5 Å². The van der Waals surface area contributed by atoms with Gasteiger partial charge >= 0.3 is 19.8 Å². The Morgan fingerprint density at radius 2 is 0.931 bits per heavy atom. The Morgan fingerprint density at radius 3 is 1.36 bits per heavy atom. The summed E-state index contributed by atoms with van der Waals surface area (Å²) >= 11 is 0. The largest absolute Gasteiger partial charge is 0.472 e. The van der Waals surface area contributed by atoms with Crippen molar-refractivity contribution in [1.29, 1.82) is 0 Å². The second-order valence-electron chi connectivity index (χ2n) is 16.8. The van der Waals surface area contributed by atoms with Gasteiger partial charge in [0.25, 0.3) is 0 Å². The molecule has 0 fully saturated rings. The average molecular weight is 839 g/mol. The van der Waals surface area contributed by atoms with E-state index in [9.17, 15) is 19.0 Å². The van der Waals surface area contributed by atoms with Gasteiger partial charge in [0.15, 0.2) is 6.10 Å². The van der Waals surface area contributed by atoms with Gasteiger partial charge in [0.2, 0.25) is 0 Å². The molecule has 338 valence electrons. The minimum Gasteiger partial charge on any atom is -0.462 e. The number of nitrogens with zero attached hydrogens (tertiary/aromatic N) is 1. The molecule has 0 rings (SSSR count). The van der Waals surface area contributed by atoms with Crippen molar-refractivity contribution in [3.63, 3.8) is 0 Å². The summed E-state index contributed by atoms with van der Waals surface area (Å²) in [6.45, 7) is 4.36. The molecule has 0 amide bonds. The summed E-state index contributed by atoms with van der Waals surface area (Å²) in [7, 11) is 1.46. The van der Waals surface area contributed by atoms with E-state index < -0.39 is 26.5 Å². The molecule has 0 radical (unpaired) electrons. The van der Waals surface area contributed by atoms with Gasteiger partial charge in [0.05, 0.1) is 27.7 Å². The molecule has 1 N–H and O–H groups in total. The van der Waals surface area contributed by atoms with Gasteiger partial charge in [-0.2, -0.15) is 0 Å². The summed E-state index contributed by atoms with van der Waals surface area (Å²) in [5.41, 5.74) is 0. The number of carbonyl (C=O) groups is 2. The topological polar surface area (TPSA) is 108 Å². The number of rotatable bonds is 42. The van der Waals surface area contributed by atoms with E-state index in [0.29, 0.717) is 17.4 Å². The van der Waals surface area contributed by atoms with Crippen molar-refractivity contribution in [1.82, 2.24) is 0 Å². The molecule has 0 aromatic rings. The van der Waals surface area contributed by atoms with E-state index in [1.165, 1.54) is 89.9 Å². The Balaban J connectivity index is 4.35. The van der Waals surface area contributed by atoms with Gasteiger partial charge in [0, 0.05) is 12.8 Å². The molecule has 0 aromatic heterocycles. The second kappa shape index (κ2) is 40.4. The molecule has 1 unspecified atom stereocenters. The number of ether oxygens (including phenoxy) is 2. The first-order valence-electron chi connectivity index (χ1n) is 23.4. The number of hydrogen-bond acceptors (Lipinski definition) is 7. The third-order valence-electron chi connectivity index (χ3n) is 9.83. The Bertz CT molecular complexity index is 1130. The standard InChI is InChI=1S/C48H88NO8P/c1-6-8-10-12-14-16-18-20-22-24-26-28-30-32-34-36-38-40-47(50)54-44-46(45-56-58(52,53)55-43-42-49(3,4)5)57-48(51)41-39-37-35-33-31-29-27-25-23-21-19-17-15-13-11-9-7-2/h14-17,20-23,46H,6-13,18-19,24-45H2,1-5H3/p+1/b16-14-,17-15-,22-20-,23-21-/t46-/m1/s1. The molecule has 2 atom stereocenters. The lowest BCUT2D eigenvalue weighted by atomic mass is 10.1. The van der Waals surface area contributed by atoms with Crippen molar-refractivity contribution in [3.8, 4) is 0 Å². The van der Waals surface area contributed by atoms with Crippen LogP contribution in [0, 0.1) is 0 Å². The molecular formula is C48H89NO8P+.